The van der Waals surface area contributed by atoms with Crippen LogP contribution in [-0.4, -0.2) is 46.6 Å². The first-order valence-corrected chi connectivity index (χ1v) is 8.34. The molecule has 1 aliphatic heterocycles. The topological polar surface area (TPSA) is 43.2 Å². The molecule has 124 valence electrons. The second-order valence-corrected chi connectivity index (χ2v) is 6.57. The lowest BCUT2D eigenvalue weighted by atomic mass is 10.0. The Morgan fingerprint density at radius 3 is 2.78 bits per heavy atom. The zero-order chi connectivity index (χ0) is 16.4. The molecule has 5 nitrogen and oxygen atoms in total. The summed E-state index contributed by atoms with van der Waals surface area (Å²) in [6.07, 6.45) is 5.81. The zero-order valence-corrected chi connectivity index (χ0v) is 14.5. The summed E-state index contributed by atoms with van der Waals surface area (Å²) in [6, 6.07) is 4.89. The summed E-state index contributed by atoms with van der Waals surface area (Å²) < 4.78 is 7.35. The third kappa shape index (κ3) is 3.39. The van der Waals surface area contributed by atoms with Gasteiger partial charge < -0.3 is 9.64 Å². The highest BCUT2D eigenvalue weighted by Crippen LogP contribution is 2.28. The molecule has 1 aromatic heterocycles. The van der Waals surface area contributed by atoms with Gasteiger partial charge in [-0.1, -0.05) is 5.21 Å². The van der Waals surface area contributed by atoms with Crippen LogP contribution in [0.2, 0.25) is 0 Å². The van der Waals surface area contributed by atoms with Gasteiger partial charge in [-0.05, 0) is 70.0 Å². The van der Waals surface area contributed by atoms with Crippen molar-refractivity contribution in [3.63, 3.8) is 0 Å². The van der Waals surface area contributed by atoms with Gasteiger partial charge >= 0.3 is 0 Å². The highest BCUT2D eigenvalue weighted by atomic mass is 16.5. The maximum atomic E-state index is 5.38. The summed E-state index contributed by atoms with van der Waals surface area (Å²) in [7, 11) is 3.92. The number of benzene rings is 1. The molecule has 1 aliphatic rings. The Hall–Kier alpha value is -1.88. The smallest absolute Gasteiger partial charge is 0.122 e. The first kappa shape index (κ1) is 16.0. The van der Waals surface area contributed by atoms with Crippen LogP contribution in [0.3, 0.4) is 0 Å². The van der Waals surface area contributed by atoms with E-state index in [-0.39, 0.29) is 0 Å². The van der Waals surface area contributed by atoms with E-state index in [9.17, 15) is 0 Å². The Kier molecular flexibility index (Phi) is 4.66. The summed E-state index contributed by atoms with van der Waals surface area (Å²) in [6.45, 7) is 6.29. The first-order valence-electron chi connectivity index (χ1n) is 8.34. The number of aryl methyl sites for hydroxylation is 3. The number of hydrogen-bond acceptors (Lipinski definition) is 4. The molecule has 3 rings (SSSR count). The van der Waals surface area contributed by atoms with E-state index in [1.807, 2.05) is 4.68 Å². The standard InChI is InChI=1S/C18H26N4O/c1-13-11-18(23-4)14(2)10-16(13)17-12-22(20-19-17)9-7-15-6-5-8-21(15)3/h10-12,15H,5-9H2,1-4H3/t15-/m1/s1. The molecule has 0 bridgehead atoms. The van der Waals surface area contributed by atoms with Gasteiger partial charge in [0.05, 0.1) is 13.3 Å². The fourth-order valence-electron chi connectivity index (χ4n) is 3.44. The Bertz CT molecular complexity index is 680. The Morgan fingerprint density at radius 2 is 2.09 bits per heavy atom. The normalized spacial score (nSPS) is 18.5. The Morgan fingerprint density at radius 1 is 1.26 bits per heavy atom. The first-order chi connectivity index (χ1) is 11.1. The van der Waals surface area contributed by atoms with E-state index in [1.165, 1.54) is 19.4 Å². The highest BCUT2D eigenvalue weighted by Gasteiger charge is 2.20. The second-order valence-electron chi connectivity index (χ2n) is 6.57. The average Bonchev–Trinajstić information content (AvgIpc) is 3.16. The van der Waals surface area contributed by atoms with Gasteiger partial charge in [0, 0.05) is 18.2 Å². The van der Waals surface area contributed by atoms with Gasteiger partial charge in [-0.3, -0.25) is 4.68 Å². The SMILES string of the molecule is COc1cc(C)c(-c2cn(CC[C@H]3CCCN3C)nn2)cc1C. The van der Waals surface area contributed by atoms with Crippen molar-refractivity contribution in [1.29, 1.82) is 0 Å². The van der Waals surface area contributed by atoms with Crippen LogP contribution in [-0.2, 0) is 6.54 Å². The molecule has 0 aliphatic carbocycles. The second kappa shape index (κ2) is 6.71. The van der Waals surface area contributed by atoms with Crippen LogP contribution in [0.25, 0.3) is 11.3 Å². The molecule has 0 unspecified atom stereocenters. The van der Waals surface area contributed by atoms with Crippen molar-refractivity contribution in [2.75, 3.05) is 20.7 Å². The average molecular weight is 314 g/mol. The fourth-order valence-corrected chi connectivity index (χ4v) is 3.44. The maximum Gasteiger partial charge on any atom is 0.122 e. The third-order valence-electron chi connectivity index (χ3n) is 4.92. The molecule has 0 saturated carbocycles. The van der Waals surface area contributed by atoms with Gasteiger partial charge in [-0.15, -0.1) is 5.10 Å². The monoisotopic (exact) mass is 314 g/mol. The minimum atomic E-state index is 0.688. The van der Waals surface area contributed by atoms with Gasteiger partial charge in [0.2, 0.25) is 0 Å². The van der Waals surface area contributed by atoms with Crippen LogP contribution in [0.5, 0.6) is 5.75 Å². The summed E-state index contributed by atoms with van der Waals surface area (Å²) in [5.41, 5.74) is 4.35. The largest absolute Gasteiger partial charge is 0.496 e. The molecular formula is C18H26N4O. The van der Waals surface area contributed by atoms with Crippen molar-refractivity contribution in [2.45, 2.75) is 45.7 Å². The van der Waals surface area contributed by atoms with Crippen LogP contribution in [0, 0.1) is 13.8 Å². The molecule has 2 heterocycles. The highest BCUT2D eigenvalue weighted by molar-refractivity contribution is 5.65. The maximum absolute atomic E-state index is 5.38. The number of likely N-dealkylation sites (tertiary alicyclic amines) is 1. The van der Waals surface area contributed by atoms with Crippen LogP contribution in [0.15, 0.2) is 18.3 Å². The molecule has 1 saturated heterocycles. The predicted molar refractivity (Wildman–Crippen MR) is 91.8 cm³/mol. The summed E-state index contributed by atoms with van der Waals surface area (Å²) >= 11 is 0. The van der Waals surface area contributed by atoms with E-state index in [1.54, 1.807) is 7.11 Å². The van der Waals surface area contributed by atoms with Gasteiger partial charge in [0.25, 0.3) is 0 Å². The molecule has 23 heavy (non-hydrogen) atoms. The van der Waals surface area contributed by atoms with Crippen LogP contribution in [0.1, 0.15) is 30.4 Å². The van der Waals surface area contributed by atoms with Crippen LogP contribution < -0.4 is 4.74 Å². The van der Waals surface area contributed by atoms with Gasteiger partial charge in [-0.2, -0.15) is 0 Å². The molecule has 1 atom stereocenters. The van der Waals surface area contributed by atoms with Crippen molar-refractivity contribution in [3.05, 3.63) is 29.5 Å². The molecule has 5 heteroatoms. The predicted octanol–water partition coefficient (Wildman–Crippen LogP) is 3.05. The molecule has 1 aromatic carbocycles. The zero-order valence-electron chi connectivity index (χ0n) is 14.5. The minimum absolute atomic E-state index is 0.688. The lowest BCUT2D eigenvalue weighted by Crippen LogP contribution is -2.26. The molecule has 0 amide bonds. The van der Waals surface area contributed by atoms with E-state index in [0.717, 1.165) is 41.1 Å². The van der Waals surface area contributed by atoms with Gasteiger partial charge in [0.1, 0.15) is 11.4 Å². The van der Waals surface area contributed by atoms with E-state index >= 15 is 0 Å². The number of rotatable bonds is 5. The summed E-state index contributed by atoms with van der Waals surface area (Å²) in [4.78, 5) is 2.45. The van der Waals surface area contributed by atoms with E-state index in [2.05, 4.69) is 54.4 Å². The lowest BCUT2D eigenvalue weighted by molar-refractivity contribution is 0.282. The van der Waals surface area contributed by atoms with E-state index in [0.29, 0.717) is 6.04 Å². The number of methoxy groups -OCH3 is 1. The quantitative estimate of drug-likeness (QED) is 0.851. The Labute approximate surface area is 138 Å². The number of nitrogens with zero attached hydrogens (tertiary/aromatic N) is 4. The van der Waals surface area contributed by atoms with Crippen molar-refractivity contribution >= 4 is 0 Å². The van der Waals surface area contributed by atoms with Crippen molar-refractivity contribution in [2.24, 2.45) is 0 Å². The van der Waals surface area contributed by atoms with E-state index in [4.69, 9.17) is 4.74 Å². The summed E-state index contributed by atoms with van der Waals surface area (Å²) in [5, 5.41) is 8.68. The van der Waals surface area contributed by atoms with Gasteiger partial charge in [-0.25, -0.2) is 0 Å². The van der Waals surface area contributed by atoms with E-state index < -0.39 is 0 Å². The summed E-state index contributed by atoms with van der Waals surface area (Å²) in [5.74, 6) is 0.919. The number of aromatic nitrogens is 3. The number of hydrogen-bond donors (Lipinski definition) is 0. The van der Waals surface area contributed by atoms with Crippen molar-refractivity contribution < 1.29 is 4.74 Å². The molecule has 1 fully saturated rings. The molecule has 0 N–H and O–H groups in total. The fraction of sp³-hybridized carbons (Fsp3) is 0.556. The van der Waals surface area contributed by atoms with Gasteiger partial charge in [0.15, 0.2) is 0 Å². The molecule has 2 aromatic rings. The lowest BCUT2D eigenvalue weighted by Gasteiger charge is -2.18. The molecular weight excluding hydrogens is 288 g/mol. The van der Waals surface area contributed by atoms with Crippen molar-refractivity contribution in [3.8, 4) is 17.0 Å². The van der Waals surface area contributed by atoms with Crippen LogP contribution in [0.4, 0.5) is 0 Å². The number of ether oxygens (including phenoxy) is 1. The minimum Gasteiger partial charge on any atom is -0.496 e. The molecule has 0 spiro atoms. The van der Waals surface area contributed by atoms with Crippen molar-refractivity contribution in [1.82, 2.24) is 19.9 Å². The molecule has 0 radical (unpaired) electrons. The Balaban J connectivity index is 1.73. The van der Waals surface area contributed by atoms with Crippen LogP contribution >= 0.6 is 0 Å². The third-order valence-corrected chi connectivity index (χ3v) is 4.92.